The first kappa shape index (κ1) is 33.3. The van der Waals surface area contributed by atoms with Crippen LogP contribution in [0.25, 0.3) is 0 Å². The molecule has 0 spiro atoms. The molecule has 0 saturated heterocycles. The van der Waals surface area contributed by atoms with Crippen molar-refractivity contribution >= 4 is 62.3 Å². The van der Waals surface area contributed by atoms with E-state index in [4.69, 9.17) is 34.8 Å². The first-order chi connectivity index (χ1) is 21.0. The Hall–Kier alpha value is -3.56. The summed E-state index contributed by atoms with van der Waals surface area (Å²) in [5.41, 5.74) is 1.48. The molecule has 230 valence electrons. The molecule has 2 amide bonds. The van der Waals surface area contributed by atoms with Crippen LogP contribution in [0.15, 0.2) is 108 Å². The van der Waals surface area contributed by atoms with Crippen LogP contribution in [-0.4, -0.2) is 43.8 Å². The molecule has 4 rings (SSSR count). The number of amides is 2. The van der Waals surface area contributed by atoms with Crippen molar-refractivity contribution in [3.05, 3.63) is 129 Å². The Morgan fingerprint density at radius 1 is 0.795 bits per heavy atom. The van der Waals surface area contributed by atoms with E-state index in [0.717, 1.165) is 9.87 Å². The molecule has 0 aliphatic carbocycles. The zero-order valence-electron chi connectivity index (χ0n) is 24.2. The molecule has 7 nitrogen and oxygen atoms in total. The highest BCUT2D eigenvalue weighted by Gasteiger charge is 2.35. The highest BCUT2D eigenvalue weighted by atomic mass is 35.5. The summed E-state index contributed by atoms with van der Waals surface area (Å²) in [5, 5.41) is 3.78. The van der Waals surface area contributed by atoms with Crippen molar-refractivity contribution in [1.82, 2.24) is 10.2 Å². The molecule has 1 atom stereocenters. The van der Waals surface area contributed by atoms with Gasteiger partial charge in [0.05, 0.1) is 15.6 Å². The molecule has 0 aliphatic heterocycles. The fourth-order valence-electron chi connectivity index (χ4n) is 4.66. The number of hydrogen-bond acceptors (Lipinski definition) is 4. The Morgan fingerprint density at radius 2 is 1.41 bits per heavy atom. The van der Waals surface area contributed by atoms with E-state index in [1.165, 1.54) is 23.1 Å². The van der Waals surface area contributed by atoms with E-state index in [1.54, 1.807) is 54.6 Å². The number of carbonyl (C=O) groups excluding carboxylic acids is 2. The van der Waals surface area contributed by atoms with Gasteiger partial charge >= 0.3 is 0 Å². The van der Waals surface area contributed by atoms with Crippen molar-refractivity contribution in [2.24, 2.45) is 0 Å². The first-order valence-corrected chi connectivity index (χ1v) is 16.4. The summed E-state index contributed by atoms with van der Waals surface area (Å²) in [7, 11) is -4.26. The maximum atomic E-state index is 14.4. The van der Waals surface area contributed by atoms with Crippen molar-refractivity contribution in [2.45, 2.75) is 43.8 Å². The van der Waals surface area contributed by atoms with Crippen LogP contribution in [0.2, 0.25) is 15.1 Å². The number of carbonyl (C=O) groups is 2. The standard InChI is InChI=1S/C33H32Cl3N3O4S/c1-23(2)37-33(41)31(19-24-11-5-3-6-12-24)38(21-25-17-18-26(34)20-29(25)36)32(40)22-39(30-16-10-9-15-28(30)35)44(42,43)27-13-7-4-8-14-27/h3-18,20,23,31H,19,21-22H2,1-2H3,(H,37,41)/t31-/m0/s1. The molecule has 0 aliphatic rings. The molecule has 4 aromatic rings. The summed E-state index contributed by atoms with van der Waals surface area (Å²) in [6.07, 6.45) is 0.174. The monoisotopic (exact) mass is 671 g/mol. The molecule has 0 bridgehead atoms. The van der Waals surface area contributed by atoms with Crippen LogP contribution in [-0.2, 0) is 32.6 Å². The van der Waals surface area contributed by atoms with Crippen LogP contribution in [0, 0.1) is 0 Å². The van der Waals surface area contributed by atoms with Crippen molar-refractivity contribution < 1.29 is 18.0 Å². The molecule has 0 fully saturated rings. The fraction of sp³-hybridized carbons (Fsp3) is 0.212. The number of sulfonamides is 1. The molecule has 0 radical (unpaired) electrons. The van der Waals surface area contributed by atoms with Crippen molar-refractivity contribution in [3.8, 4) is 0 Å². The number of hydrogen-bond donors (Lipinski definition) is 1. The van der Waals surface area contributed by atoms with Crippen molar-refractivity contribution in [2.75, 3.05) is 10.8 Å². The lowest BCUT2D eigenvalue weighted by Crippen LogP contribution is -2.54. The SMILES string of the molecule is CC(C)NC(=O)[C@H](Cc1ccccc1)N(Cc1ccc(Cl)cc1Cl)C(=O)CN(c1ccccc1Cl)S(=O)(=O)c1ccccc1. The summed E-state index contributed by atoms with van der Waals surface area (Å²) >= 11 is 19.2. The zero-order chi connectivity index (χ0) is 31.9. The Morgan fingerprint density at radius 3 is 2.02 bits per heavy atom. The number of anilines is 1. The molecule has 1 N–H and O–H groups in total. The van der Waals surface area contributed by atoms with Crippen LogP contribution in [0.3, 0.4) is 0 Å². The van der Waals surface area contributed by atoms with E-state index in [1.807, 2.05) is 44.2 Å². The van der Waals surface area contributed by atoms with E-state index < -0.39 is 34.4 Å². The maximum absolute atomic E-state index is 14.4. The smallest absolute Gasteiger partial charge is 0.264 e. The molecular weight excluding hydrogens is 641 g/mol. The van der Waals surface area contributed by atoms with Gasteiger partial charge in [0.15, 0.2) is 0 Å². The van der Waals surface area contributed by atoms with Crippen LogP contribution in [0.1, 0.15) is 25.0 Å². The van der Waals surface area contributed by atoms with Crippen molar-refractivity contribution in [1.29, 1.82) is 0 Å². The summed E-state index contributed by atoms with van der Waals surface area (Å²) < 4.78 is 29.0. The van der Waals surface area contributed by atoms with Gasteiger partial charge in [-0.25, -0.2) is 8.42 Å². The molecule has 0 heterocycles. The second-order valence-electron chi connectivity index (χ2n) is 10.4. The molecule has 0 aromatic heterocycles. The van der Waals surface area contributed by atoms with Gasteiger partial charge in [0.2, 0.25) is 11.8 Å². The largest absolute Gasteiger partial charge is 0.352 e. The van der Waals surface area contributed by atoms with Crippen molar-refractivity contribution in [3.63, 3.8) is 0 Å². The number of halogens is 3. The Balaban J connectivity index is 1.83. The molecule has 0 unspecified atom stereocenters. The van der Waals surface area contributed by atoms with Crippen LogP contribution >= 0.6 is 34.8 Å². The Kier molecular flexibility index (Phi) is 11.3. The van der Waals surface area contributed by atoms with E-state index in [0.29, 0.717) is 15.6 Å². The quantitative estimate of drug-likeness (QED) is 0.176. The second kappa shape index (κ2) is 14.9. The van der Waals surface area contributed by atoms with Gasteiger partial charge in [0.25, 0.3) is 10.0 Å². The third-order valence-electron chi connectivity index (χ3n) is 6.79. The third-order valence-corrected chi connectivity index (χ3v) is 9.47. The average molecular weight is 673 g/mol. The lowest BCUT2D eigenvalue weighted by molar-refractivity contribution is -0.140. The molecular formula is C33H32Cl3N3O4S. The minimum Gasteiger partial charge on any atom is -0.352 e. The van der Waals surface area contributed by atoms with Gasteiger partial charge in [0, 0.05) is 29.1 Å². The highest BCUT2D eigenvalue weighted by molar-refractivity contribution is 7.92. The van der Waals surface area contributed by atoms with Gasteiger partial charge in [-0.05, 0) is 61.4 Å². The third kappa shape index (κ3) is 8.33. The minimum atomic E-state index is -4.26. The zero-order valence-corrected chi connectivity index (χ0v) is 27.2. The minimum absolute atomic E-state index is 0.0154. The van der Waals surface area contributed by atoms with Gasteiger partial charge in [-0.15, -0.1) is 0 Å². The van der Waals surface area contributed by atoms with Gasteiger partial charge in [0.1, 0.15) is 12.6 Å². The Bertz CT molecular complexity index is 1700. The summed E-state index contributed by atoms with van der Waals surface area (Å²) in [4.78, 5) is 29.5. The second-order valence-corrected chi connectivity index (χ2v) is 13.5. The lowest BCUT2D eigenvalue weighted by atomic mass is 10.0. The predicted octanol–water partition coefficient (Wildman–Crippen LogP) is 7.01. The number of nitrogens with one attached hydrogen (secondary N) is 1. The first-order valence-electron chi connectivity index (χ1n) is 13.9. The normalized spacial score (nSPS) is 12.0. The molecule has 11 heteroatoms. The van der Waals surface area contributed by atoms with Gasteiger partial charge in [-0.2, -0.15) is 0 Å². The summed E-state index contributed by atoms with van der Waals surface area (Å²) in [6.45, 7) is 2.93. The summed E-state index contributed by atoms with van der Waals surface area (Å²) in [6, 6.07) is 27.1. The van der Waals surface area contributed by atoms with E-state index in [-0.39, 0.29) is 34.6 Å². The van der Waals surface area contributed by atoms with Crippen LogP contribution in [0.5, 0.6) is 0 Å². The predicted molar refractivity (Wildman–Crippen MR) is 177 cm³/mol. The molecule has 44 heavy (non-hydrogen) atoms. The fourth-order valence-corrected chi connectivity index (χ4v) is 6.87. The topological polar surface area (TPSA) is 86.8 Å². The maximum Gasteiger partial charge on any atom is 0.264 e. The van der Waals surface area contributed by atoms with E-state index in [9.17, 15) is 18.0 Å². The summed E-state index contributed by atoms with van der Waals surface area (Å²) in [5.74, 6) is -1.02. The highest BCUT2D eigenvalue weighted by Crippen LogP contribution is 2.31. The van der Waals surface area contributed by atoms with Gasteiger partial charge in [-0.3, -0.25) is 13.9 Å². The van der Waals surface area contributed by atoms with Crippen LogP contribution in [0.4, 0.5) is 5.69 Å². The van der Waals surface area contributed by atoms with Crippen LogP contribution < -0.4 is 9.62 Å². The number of para-hydroxylation sites is 1. The van der Waals surface area contributed by atoms with Gasteiger partial charge in [-0.1, -0.05) is 102 Å². The molecule has 4 aromatic carbocycles. The average Bonchev–Trinajstić information content (AvgIpc) is 2.99. The van der Waals surface area contributed by atoms with E-state index >= 15 is 0 Å². The van der Waals surface area contributed by atoms with Gasteiger partial charge < -0.3 is 10.2 Å². The van der Waals surface area contributed by atoms with E-state index in [2.05, 4.69) is 5.32 Å². The number of benzene rings is 4. The number of nitrogens with zero attached hydrogens (tertiary/aromatic N) is 2. The number of rotatable bonds is 12. The Labute approximate surface area is 273 Å². The molecule has 0 saturated carbocycles. The lowest BCUT2D eigenvalue weighted by Gasteiger charge is -2.34.